The molecule has 0 amide bonds. The van der Waals surface area contributed by atoms with Gasteiger partial charge in [-0.25, -0.2) is 4.98 Å². The Balaban J connectivity index is 2.65. The number of ether oxygens (including phenoxy) is 1. The van der Waals surface area contributed by atoms with Gasteiger partial charge in [0.15, 0.2) is 5.65 Å². The first-order chi connectivity index (χ1) is 6.72. The van der Waals surface area contributed by atoms with E-state index in [0.717, 1.165) is 5.69 Å². The van der Waals surface area contributed by atoms with Crippen molar-refractivity contribution in [2.75, 3.05) is 12.8 Å². The molecule has 0 aromatic carbocycles. The van der Waals surface area contributed by atoms with Crippen LogP contribution in [-0.4, -0.2) is 21.7 Å². The number of hydrogen-bond acceptors (Lipinski definition) is 4. The van der Waals surface area contributed by atoms with E-state index in [2.05, 4.69) is 10.1 Å². The molecule has 0 saturated carbocycles. The Hall–Kier alpha value is -1.82. The smallest absolute Gasteiger partial charge is 0.295 e. The molecule has 0 atom stereocenters. The molecule has 0 aliphatic heterocycles. The fourth-order valence-electron chi connectivity index (χ4n) is 1.25. The van der Waals surface area contributed by atoms with Gasteiger partial charge in [-0.05, 0) is 0 Å². The van der Waals surface area contributed by atoms with Crippen LogP contribution in [0.4, 0.5) is 5.69 Å². The predicted molar refractivity (Wildman–Crippen MR) is 50.9 cm³/mol. The van der Waals surface area contributed by atoms with Crippen molar-refractivity contribution in [3.63, 3.8) is 0 Å². The van der Waals surface area contributed by atoms with Crippen molar-refractivity contribution in [1.29, 1.82) is 0 Å². The Morgan fingerprint density at radius 1 is 1.71 bits per heavy atom. The number of aromatic amines is 1. The monoisotopic (exact) mass is 194 g/mol. The van der Waals surface area contributed by atoms with Gasteiger partial charge in [-0.15, -0.1) is 0 Å². The second-order valence-corrected chi connectivity index (χ2v) is 2.93. The van der Waals surface area contributed by atoms with Gasteiger partial charge in [-0.3, -0.25) is 9.89 Å². The number of hydrogen-bond donors (Lipinski definition) is 2. The second kappa shape index (κ2) is 3.15. The van der Waals surface area contributed by atoms with Gasteiger partial charge < -0.3 is 10.5 Å². The van der Waals surface area contributed by atoms with Gasteiger partial charge in [0, 0.05) is 13.2 Å². The van der Waals surface area contributed by atoms with Gasteiger partial charge in [0.05, 0.1) is 18.5 Å². The summed E-state index contributed by atoms with van der Waals surface area (Å²) in [6.45, 7) is 0.405. The average Bonchev–Trinajstić information content (AvgIpc) is 2.56. The van der Waals surface area contributed by atoms with Gasteiger partial charge in [0.2, 0.25) is 0 Å². The van der Waals surface area contributed by atoms with Crippen LogP contribution in [0, 0.1) is 0 Å². The van der Waals surface area contributed by atoms with Gasteiger partial charge >= 0.3 is 0 Å². The Morgan fingerprint density at radius 2 is 2.50 bits per heavy atom. The number of nitrogens with one attached hydrogen (secondary N) is 1. The summed E-state index contributed by atoms with van der Waals surface area (Å²) in [5.74, 6) is 0. The molecule has 0 aliphatic carbocycles. The minimum atomic E-state index is -0.294. The van der Waals surface area contributed by atoms with Gasteiger partial charge in [0.1, 0.15) is 5.69 Å². The second-order valence-electron chi connectivity index (χ2n) is 2.93. The normalized spacial score (nSPS) is 10.9. The number of nitrogens with zero attached hydrogens (tertiary/aromatic N) is 2. The molecule has 3 N–H and O–H groups in total. The van der Waals surface area contributed by atoms with E-state index in [-0.39, 0.29) is 11.2 Å². The molecule has 2 rings (SSSR count). The summed E-state index contributed by atoms with van der Waals surface area (Å²) in [6, 6.07) is 1.74. The quantitative estimate of drug-likeness (QED) is 0.690. The molecule has 0 radical (unpaired) electrons. The number of anilines is 1. The number of methoxy groups -OCH3 is 1. The third-order valence-corrected chi connectivity index (χ3v) is 1.87. The maximum Gasteiger partial charge on any atom is 0.295 e. The van der Waals surface area contributed by atoms with Crippen molar-refractivity contribution in [2.24, 2.45) is 0 Å². The molecule has 0 spiro atoms. The Morgan fingerprint density at radius 3 is 3.21 bits per heavy atom. The minimum absolute atomic E-state index is 0.119. The fourth-order valence-corrected chi connectivity index (χ4v) is 1.25. The molecule has 0 unspecified atom stereocenters. The molecule has 74 valence electrons. The van der Waals surface area contributed by atoms with Crippen LogP contribution in [0.1, 0.15) is 5.69 Å². The van der Waals surface area contributed by atoms with Crippen LogP contribution in [-0.2, 0) is 11.3 Å². The molecular weight excluding hydrogens is 184 g/mol. The summed E-state index contributed by atoms with van der Waals surface area (Å²) < 4.78 is 6.22. The number of fused-ring (bicyclic) bond motifs is 1. The maximum absolute atomic E-state index is 11.5. The molecule has 0 aliphatic rings. The van der Waals surface area contributed by atoms with E-state index in [1.807, 2.05) is 0 Å². The third-order valence-electron chi connectivity index (χ3n) is 1.87. The Labute approximate surface area is 79.3 Å². The van der Waals surface area contributed by atoms with E-state index in [1.54, 1.807) is 13.2 Å². The van der Waals surface area contributed by atoms with Crippen LogP contribution >= 0.6 is 0 Å². The highest BCUT2D eigenvalue weighted by molar-refractivity contribution is 5.44. The first-order valence-electron chi connectivity index (χ1n) is 4.06. The molecular formula is C8H10N4O2. The van der Waals surface area contributed by atoms with E-state index in [1.165, 1.54) is 10.7 Å². The molecule has 14 heavy (non-hydrogen) atoms. The number of nitrogens with two attached hydrogens (primary N) is 1. The average molecular weight is 194 g/mol. The lowest BCUT2D eigenvalue weighted by atomic mass is 10.4. The lowest BCUT2D eigenvalue weighted by Crippen LogP contribution is -2.18. The highest BCUT2D eigenvalue weighted by Gasteiger charge is 2.04. The molecule has 2 heterocycles. The van der Waals surface area contributed by atoms with E-state index in [4.69, 9.17) is 10.5 Å². The van der Waals surface area contributed by atoms with Crippen LogP contribution in [0.15, 0.2) is 17.1 Å². The summed E-state index contributed by atoms with van der Waals surface area (Å²) in [4.78, 5) is 15.5. The van der Waals surface area contributed by atoms with Crippen LogP contribution in [0.5, 0.6) is 0 Å². The van der Waals surface area contributed by atoms with Gasteiger partial charge in [0.25, 0.3) is 5.56 Å². The molecule has 6 nitrogen and oxygen atoms in total. The third kappa shape index (κ3) is 1.25. The van der Waals surface area contributed by atoms with Gasteiger partial charge in [-0.2, -0.15) is 4.52 Å². The standard InChI is InChI=1S/C8H10N4O2/c1-14-4-5-2-7-10-3-6(9)8(13)12(7)11-5/h2-3,11H,4,9H2,1H3. The Bertz CT molecular complexity index is 514. The van der Waals surface area contributed by atoms with Crippen molar-refractivity contribution in [3.05, 3.63) is 28.3 Å². The lowest BCUT2D eigenvalue weighted by Gasteiger charge is -1.93. The molecule has 6 heteroatoms. The molecule has 0 fully saturated rings. The van der Waals surface area contributed by atoms with E-state index >= 15 is 0 Å². The molecule has 0 bridgehead atoms. The zero-order valence-corrected chi connectivity index (χ0v) is 7.65. The number of nitrogen functional groups attached to an aromatic ring is 1. The molecule has 2 aromatic heterocycles. The number of H-pyrrole nitrogens is 1. The van der Waals surface area contributed by atoms with Crippen molar-refractivity contribution < 1.29 is 4.74 Å². The zero-order valence-electron chi connectivity index (χ0n) is 7.65. The number of rotatable bonds is 2. The largest absolute Gasteiger partial charge is 0.393 e. The van der Waals surface area contributed by atoms with Crippen molar-refractivity contribution in [3.8, 4) is 0 Å². The lowest BCUT2D eigenvalue weighted by molar-refractivity contribution is 0.181. The predicted octanol–water partition coefficient (Wildman–Crippen LogP) is -0.249. The fraction of sp³-hybridized carbons (Fsp3) is 0.250. The van der Waals surface area contributed by atoms with Crippen LogP contribution in [0.3, 0.4) is 0 Å². The van der Waals surface area contributed by atoms with Crippen LogP contribution in [0.25, 0.3) is 5.65 Å². The summed E-state index contributed by atoms with van der Waals surface area (Å²) in [5.41, 5.74) is 6.57. The summed E-state index contributed by atoms with van der Waals surface area (Å²) in [7, 11) is 1.58. The summed E-state index contributed by atoms with van der Waals surface area (Å²) in [5, 5.41) is 2.84. The summed E-state index contributed by atoms with van der Waals surface area (Å²) in [6.07, 6.45) is 1.35. The van der Waals surface area contributed by atoms with Crippen LogP contribution in [0.2, 0.25) is 0 Å². The van der Waals surface area contributed by atoms with Gasteiger partial charge in [-0.1, -0.05) is 0 Å². The highest BCUT2D eigenvalue weighted by Crippen LogP contribution is 2.03. The van der Waals surface area contributed by atoms with Crippen molar-refractivity contribution >= 4 is 11.3 Å². The SMILES string of the molecule is COCc1cc2ncc(N)c(=O)n2[nH]1. The van der Waals surface area contributed by atoms with Crippen molar-refractivity contribution in [2.45, 2.75) is 6.61 Å². The first-order valence-corrected chi connectivity index (χ1v) is 4.06. The molecule has 0 saturated heterocycles. The van der Waals surface area contributed by atoms with E-state index in [0.29, 0.717) is 12.3 Å². The van der Waals surface area contributed by atoms with E-state index < -0.39 is 0 Å². The maximum atomic E-state index is 11.5. The highest BCUT2D eigenvalue weighted by atomic mass is 16.5. The molecule has 2 aromatic rings. The first kappa shape index (κ1) is 8.76. The van der Waals surface area contributed by atoms with Crippen LogP contribution < -0.4 is 11.3 Å². The number of aromatic nitrogens is 3. The Kier molecular flexibility index (Phi) is 1.97. The minimum Gasteiger partial charge on any atom is -0.393 e. The zero-order chi connectivity index (χ0) is 10.1. The van der Waals surface area contributed by atoms with Crippen molar-refractivity contribution in [1.82, 2.24) is 14.6 Å². The summed E-state index contributed by atoms with van der Waals surface area (Å²) >= 11 is 0. The topological polar surface area (TPSA) is 85.4 Å². The van der Waals surface area contributed by atoms with E-state index in [9.17, 15) is 4.79 Å².